The van der Waals surface area contributed by atoms with Crippen molar-refractivity contribution in [3.8, 4) is 0 Å². The van der Waals surface area contributed by atoms with E-state index in [0.717, 1.165) is 12.2 Å². The number of hydrogen-bond acceptors (Lipinski definition) is 2. The maximum Gasteiger partial charge on any atom is 0.203 e. The topological polar surface area (TPSA) is 30.2 Å². The van der Waals surface area contributed by atoms with Gasteiger partial charge in [0.05, 0.1) is 0 Å². The molecule has 1 aromatic heterocycles. The Balaban J connectivity index is 2.91. The van der Waals surface area contributed by atoms with Crippen LogP contribution in [0.25, 0.3) is 0 Å². The Morgan fingerprint density at radius 1 is 1.46 bits per heavy atom. The molecule has 0 bridgehead atoms. The highest BCUT2D eigenvalue weighted by Crippen LogP contribution is 2.26. The monoisotopic (exact) mass is 180 g/mol. The van der Waals surface area contributed by atoms with Gasteiger partial charge in [0.25, 0.3) is 0 Å². The van der Waals surface area contributed by atoms with Crippen LogP contribution in [0.15, 0.2) is 16.5 Å². The molecule has 2 nitrogen and oxygen atoms in total. The summed E-state index contributed by atoms with van der Waals surface area (Å²) < 4.78 is 5.28. The summed E-state index contributed by atoms with van der Waals surface area (Å²) in [5, 5.41) is 0. The number of Topliss-reactive ketones (excluding diaryl/α,β-unsaturated/α-hetero) is 1. The average Bonchev–Trinajstić information content (AvgIpc) is 2.50. The van der Waals surface area contributed by atoms with Gasteiger partial charge in [-0.05, 0) is 25.5 Å². The van der Waals surface area contributed by atoms with E-state index in [1.54, 1.807) is 6.07 Å². The fourth-order valence-electron chi connectivity index (χ4n) is 1.05. The second-order valence-electron chi connectivity index (χ2n) is 3.98. The average molecular weight is 180 g/mol. The molecule has 1 rings (SSSR count). The van der Waals surface area contributed by atoms with Gasteiger partial charge in [0, 0.05) is 5.41 Å². The minimum atomic E-state index is -0.315. The third-order valence-corrected chi connectivity index (χ3v) is 2.46. The number of aryl methyl sites for hydroxylation is 1. The van der Waals surface area contributed by atoms with E-state index in [4.69, 9.17) is 4.42 Å². The summed E-state index contributed by atoms with van der Waals surface area (Å²) in [6, 6.07) is 3.56. The molecule has 72 valence electrons. The maximum absolute atomic E-state index is 11.8. The molecule has 1 heterocycles. The van der Waals surface area contributed by atoms with Crippen molar-refractivity contribution in [1.29, 1.82) is 0 Å². The van der Waals surface area contributed by atoms with E-state index in [9.17, 15) is 4.79 Å². The molecule has 2 heteroatoms. The van der Waals surface area contributed by atoms with E-state index in [1.807, 2.05) is 33.8 Å². The lowest BCUT2D eigenvalue weighted by Crippen LogP contribution is -2.22. The first-order valence-electron chi connectivity index (χ1n) is 4.58. The Labute approximate surface area is 78.9 Å². The quantitative estimate of drug-likeness (QED) is 0.668. The summed E-state index contributed by atoms with van der Waals surface area (Å²) in [5.41, 5.74) is -0.315. The van der Waals surface area contributed by atoms with Crippen molar-refractivity contribution in [3.05, 3.63) is 23.7 Å². The molecule has 13 heavy (non-hydrogen) atoms. The van der Waals surface area contributed by atoms with E-state index in [0.29, 0.717) is 5.76 Å². The molecule has 0 N–H and O–H groups in total. The molecular weight excluding hydrogens is 164 g/mol. The first-order chi connectivity index (χ1) is 5.97. The number of furan rings is 1. The summed E-state index contributed by atoms with van der Waals surface area (Å²) in [6.45, 7) is 7.73. The van der Waals surface area contributed by atoms with Gasteiger partial charge >= 0.3 is 0 Å². The van der Waals surface area contributed by atoms with Crippen LogP contribution in [-0.2, 0) is 0 Å². The predicted octanol–water partition coefficient (Wildman–Crippen LogP) is 3.21. The van der Waals surface area contributed by atoms with Crippen molar-refractivity contribution in [2.45, 2.75) is 34.1 Å². The van der Waals surface area contributed by atoms with Gasteiger partial charge in [-0.25, -0.2) is 0 Å². The van der Waals surface area contributed by atoms with Crippen molar-refractivity contribution in [2.75, 3.05) is 0 Å². The Bertz CT molecular complexity index is 308. The molecule has 0 fully saturated rings. The second-order valence-corrected chi connectivity index (χ2v) is 3.98. The number of hydrogen-bond donors (Lipinski definition) is 0. The lowest BCUT2D eigenvalue weighted by Gasteiger charge is -2.18. The third kappa shape index (κ3) is 2.00. The van der Waals surface area contributed by atoms with E-state index in [1.165, 1.54) is 0 Å². The van der Waals surface area contributed by atoms with Gasteiger partial charge in [0.1, 0.15) is 5.76 Å². The number of carbonyl (C=O) groups excluding carboxylic acids is 1. The Kier molecular flexibility index (Phi) is 2.60. The van der Waals surface area contributed by atoms with Crippen LogP contribution in [0.2, 0.25) is 0 Å². The molecule has 0 radical (unpaired) electrons. The third-order valence-electron chi connectivity index (χ3n) is 2.46. The van der Waals surface area contributed by atoms with Crippen LogP contribution in [0.4, 0.5) is 0 Å². The lowest BCUT2D eigenvalue weighted by atomic mass is 9.84. The van der Waals surface area contributed by atoms with Crippen LogP contribution >= 0.6 is 0 Å². The van der Waals surface area contributed by atoms with Gasteiger partial charge < -0.3 is 4.42 Å². The summed E-state index contributed by atoms with van der Waals surface area (Å²) in [6.07, 6.45) is 0.825. The molecule has 0 saturated heterocycles. The zero-order chi connectivity index (χ0) is 10.1. The molecule has 0 spiro atoms. The zero-order valence-corrected chi connectivity index (χ0v) is 8.68. The minimum Gasteiger partial charge on any atom is -0.458 e. The van der Waals surface area contributed by atoms with Crippen LogP contribution < -0.4 is 0 Å². The molecule has 0 saturated carbocycles. The highest BCUT2D eigenvalue weighted by Gasteiger charge is 2.28. The number of rotatable bonds is 3. The molecule has 1 aromatic rings. The molecular formula is C11H16O2. The smallest absolute Gasteiger partial charge is 0.203 e. The van der Waals surface area contributed by atoms with Crippen molar-refractivity contribution in [1.82, 2.24) is 0 Å². The largest absolute Gasteiger partial charge is 0.458 e. The molecule has 0 aliphatic rings. The molecule has 0 aliphatic carbocycles. The second kappa shape index (κ2) is 3.36. The van der Waals surface area contributed by atoms with Gasteiger partial charge in [0.2, 0.25) is 5.78 Å². The van der Waals surface area contributed by atoms with Crippen molar-refractivity contribution >= 4 is 5.78 Å². The molecule has 0 aromatic carbocycles. The highest BCUT2D eigenvalue weighted by atomic mass is 16.3. The van der Waals surface area contributed by atoms with Crippen molar-refractivity contribution in [2.24, 2.45) is 5.41 Å². The number of carbonyl (C=O) groups is 1. The van der Waals surface area contributed by atoms with Crippen LogP contribution in [0.5, 0.6) is 0 Å². The minimum absolute atomic E-state index is 0.0862. The van der Waals surface area contributed by atoms with E-state index in [-0.39, 0.29) is 11.2 Å². The first-order valence-corrected chi connectivity index (χ1v) is 4.58. The maximum atomic E-state index is 11.8. The molecule has 0 amide bonds. The SMILES string of the molecule is CCC(C)(C)C(=O)c1ccc(C)o1. The Morgan fingerprint density at radius 3 is 2.46 bits per heavy atom. The summed E-state index contributed by atoms with van der Waals surface area (Å²) in [4.78, 5) is 11.8. The molecule has 0 atom stereocenters. The van der Waals surface area contributed by atoms with Gasteiger partial charge in [-0.15, -0.1) is 0 Å². The fraction of sp³-hybridized carbons (Fsp3) is 0.545. The van der Waals surface area contributed by atoms with Crippen molar-refractivity contribution in [3.63, 3.8) is 0 Å². The Hall–Kier alpha value is -1.05. The van der Waals surface area contributed by atoms with Crippen LogP contribution in [0.3, 0.4) is 0 Å². The standard InChI is InChI=1S/C11H16O2/c1-5-11(3,4)10(12)9-7-6-8(2)13-9/h6-7H,5H2,1-4H3. The van der Waals surface area contributed by atoms with E-state index >= 15 is 0 Å². The predicted molar refractivity (Wildman–Crippen MR) is 51.8 cm³/mol. The fourth-order valence-corrected chi connectivity index (χ4v) is 1.05. The first kappa shape index (κ1) is 10.0. The lowest BCUT2D eigenvalue weighted by molar-refractivity contribution is 0.0801. The summed E-state index contributed by atoms with van der Waals surface area (Å²) in [7, 11) is 0. The van der Waals surface area contributed by atoms with Crippen LogP contribution in [0.1, 0.15) is 43.5 Å². The van der Waals surface area contributed by atoms with E-state index in [2.05, 4.69) is 0 Å². The molecule has 0 aliphatic heterocycles. The highest BCUT2D eigenvalue weighted by molar-refractivity contribution is 5.97. The summed E-state index contributed by atoms with van der Waals surface area (Å²) in [5.74, 6) is 1.35. The van der Waals surface area contributed by atoms with Crippen LogP contribution in [-0.4, -0.2) is 5.78 Å². The van der Waals surface area contributed by atoms with Gasteiger partial charge in [-0.3, -0.25) is 4.79 Å². The zero-order valence-electron chi connectivity index (χ0n) is 8.68. The number of ketones is 1. The normalized spacial score (nSPS) is 11.7. The summed E-state index contributed by atoms with van der Waals surface area (Å²) >= 11 is 0. The van der Waals surface area contributed by atoms with Gasteiger partial charge in [0.15, 0.2) is 5.76 Å². The van der Waals surface area contributed by atoms with Gasteiger partial charge in [-0.1, -0.05) is 20.8 Å². The Morgan fingerprint density at radius 2 is 2.08 bits per heavy atom. The van der Waals surface area contributed by atoms with Gasteiger partial charge in [-0.2, -0.15) is 0 Å². The van der Waals surface area contributed by atoms with E-state index < -0.39 is 0 Å². The van der Waals surface area contributed by atoms with Crippen LogP contribution in [0, 0.1) is 12.3 Å². The molecule has 0 unspecified atom stereocenters. The van der Waals surface area contributed by atoms with Crippen molar-refractivity contribution < 1.29 is 9.21 Å².